The highest BCUT2D eigenvalue weighted by Crippen LogP contribution is 2.34. The molecule has 0 aliphatic carbocycles. The Morgan fingerprint density at radius 2 is 1.76 bits per heavy atom. The smallest absolute Gasteiger partial charge is 0.278 e. The molecule has 0 bridgehead atoms. The Labute approximate surface area is 170 Å². The lowest BCUT2D eigenvalue weighted by molar-refractivity contribution is -0.138. The number of ether oxygens (including phenoxy) is 1. The van der Waals surface area contributed by atoms with Crippen molar-refractivity contribution in [3.63, 3.8) is 0 Å². The number of nitrogens with zero attached hydrogens (tertiary/aromatic N) is 3. The van der Waals surface area contributed by atoms with Crippen LogP contribution in [0, 0.1) is 0 Å². The number of hydrogen-bond donors (Lipinski definition) is 0. The van der Waals surface area contributed by atoms with Gasteiger partial charge in [-0.15, -0.1) is 0 Å². The molecule has 4 rings (SSSR count). The van der Waals surface area contributed by atoms with E-state index in [2.05, 4.69) is 16.8 Å². The molecule has 0 spiro atoms. The second kappa shape index (κ2) is 8.47. The van der Waals surface area contributed by atoms with E-state index in [1.807, 2.05) is 42.5 Å². The van der Waals surface area contributed by atoms with Gasteiger partial charge in [0.2, 0.25) is 0 Å². The lowest BCUT2D eigenvalue weighted by Gasteiger charge is -2.20. The zero-order chi connectivity index (χ0) is 20.2. The largest absolute Gasteiger partial charge is 0.494 e. The third-order valence-electron chi connectivity index (χ3n) is 5.23. The number of likely N-dealkylation sites (tertiary alicyclic amines) is 1. The van der Waals surface area contributed by atoms with Gasteiger partial charge < -0.3 is 9.64 Å². The van der Waals surface area contributed by atoms with Crippen molar-refractivity contribution in [1.82, 2.24) is 14.8 Å². The van der Waals surface area contributed by atoms with E-state index in [0.717, 1.165) is 43.7 Å². The maximum absolute atomic E-state index is 13.3. The molecule has 0 saturated carbocycles. The Morgan fingerprint density at radius 3 is 2.41 bits per heavy atom. The fraction of sp³-hybridized carbons (Fsp3) is 0.348. The summed E-state index contributed by atoms with van der Waals surface area (Å²) in [4.78, 5) is 34.2. The van der Waals surface area contributed by atoms with Gasteiger partial charge in [0.1, 0.15) is 11.4 Å². The third kappa shape index (κ3) is 3.88. The predicted octanol–water partition coefficient (Wildman–Crippen LogP) is 3.25. The molecular formula is C23H25N3O3. The van der Waals surface area contributed by atoms with Gasteiger partial charge in [0, 0.05) is 19.3 Å². The van der Waals surface area contributed by atoms with E-state index >= 15 is 0 Å². The minimum atomic E-state index is -0.259. The van der Waals surface area contributed by atoms with Gasteiger partial charge in [-0.05, 0) is 49.1 Å². The zero-order valence-electron chi connectivity index (χ0n) is 16.6. The van der Waals surface area contributed by atoms with Crippen molar-refractivity contribution >= 4 is 17.4 Å². The maximum atomic E-state index is 13.3. The monoisotopic (exact) mass is 391 g/mol. The molecule has 29 heavy (non-hydrogen) atoms. The van der Waals surface area contributed by atoms with Crippen LogP contribution in [0.3, 0.4) is 0 Å². The highest BCUT2D eigenvalue weighted by atomic mass is 16.5. The minimum absolute atomic E-state index is 0.178. The zero-order valence-corrected chi connectivity index (χ0v) is 16.6. The molecule has 2 aromatic rings. The second-order valence-electron chi connectivity index (χ2n) is 7.31. The molecule has 1 fully saturated rings. The van der Waals surface area contributed by atoms with Crippen LogP contribution in [0.25, 0.3) is 5.57 Å². The van der Waals surface area contributed by atoms with E-state index in [9.17, 15) is 9.59 Å². The summed E-state index contributed by atoms with van der Waals surface area (Å²) in [6.07, 6.45) is 4.66. The molecule has 1 saturated heterocycles. The van der Waals surface area contributed by atoms with Gasteiger partial charge >= 0.3 is 0 Å². The molecule has 0 unspecified atom stereocenters. The average Bonchev–Trinajstić information content (AvgIpc) is 3.36. The summed E-state index contributed by atoms with van der Waals surface area (Å²) < 4.78 is 5.65. The molecule has 1 aromatic carbocycles. The number of pyridine rings is 1. The highest BCUT2D eigenvalue weighted by molar-refractivity contribution is 6.35. The maximum Gasteiger partial charge on any atom is 0.278 e. The van der Waals surface area contributed by atoms with Crippen molar-refractivity contribution in [2.45, 2.75) is 32.7 Å². The quantitative estimate of drug-likeness (QED) is 0.678. The van der Waals surface area contributed by atoms with Gasteiger partial charge in [-0.2, -0.15) is 0 Å². The normalized spacial score (nSPS) is 16.9. The van der Waals surface area contributed by atoms with Crippen LogP contribution < -0.4 is 4.74 Å². The number of amides is 2. The molecule has 2 aliphatic heterocycles. The fourth-order valence-electron chi connectivity index (χ4n) is 3.79. The highest BCUT2D eigenvalue weighted by Gasteiger charge is 2.42. The standard InChI is InChI=1S/C23H25N3O3/c1-2-15-29-19-10-8-17(9-11-19)20-21(25-13-5-6-14-25)23(28)26(22(20)27)16-18-7-3-4-12-24-18/h3-4,7-12H,2,5-6,13-16H2,1H3. The first-order chi connectivity index (χ1) is 14.2. The first-order valence-electron chi connectivity index (χ1n) is 10.2. The van der Waals surface area contributed by atoms with E-state index in [4.69, 9.17) is 4.74 Å². The molecule has 1 aromatic heterocycles. The number of benzene rings is 1. The molecular weight excluding hydrogens is 366 g/mol. The lowest BCUT2D eigenvalue weighted by Crippen LogP contribution is -2.34. The molecule has 0 radical (unpaired) electrons. The molecule has 6 nitrogen and oxygen atoms in total. The molecule has 0 atom stereocenters. The van der Waals surface area contributed by atoms with Crippen molar-refractivity contribution in [2.24, 2.45) is 0 Å². The summed E-state index contributed by atoms with van der Waals surface area (Å²) in [5, 5.41) is 0. The van der Waals surface area contributed by atoms with Crippen molar-refractivity contribution in [3.8, 4) is 5.75 Å². The summed E-state index contributed by atoms with van der Waals surface area (Å²) in [5.74, 6) is 0.273. The van der Waals surface area contributed by atoms with Gasteiger partial charge in [-0.25, -0.2) is 0 Å². The Hall–Kier alpha value is -3.15. The second-order valence-corrected chi connectivity index (χ2v) is 7.31. The SMILES string of the molecule is CCCOc1ccc(C2=C(N3CCCC3)C(=O)N(Cc3ccccn3)C2=O)cc1. The number of rotatable bonds is 7. The lowest BCUT2D eigenvalue weighted by atomic mass is 10.0. The Balaban J connectivity index is 1.67. The van der Waals surface area contributed by atoms with Crippen LogP contribution in [0.5, 0.6) is 5.75 Å². The Kier molecular flexibility index (Phi) is 5.60. The summed E-state index contributed by atoms with van der Waals surface area (Å²) in [5.41, 5.74) is 2.44. The molecule has 3 heterocycles. The van der Waals surface area contributed by atoms with Crippen molar-refractivity contribution < 1.29 is 14.3 Å². The molecule has 2 aliphatic rings. The number of aromatic nitrogens is 1. The molecule has 0 N–H and O–H groups in total. The summed E-state index contributed by atoms with van der Waals surface area (Å²) >= 11 is 0. The van der Waals surface area contributed by atoms with Gasteiger partial charge in [0.05, 0.1) is 24.4 Å². The average molecular weight is 391 g/mol. The van der Waals surface area contributed by atoms with Crippen LogP contribution in [-0.4, -0.2) is 46.3 Å². The fourth-order valence-corrected chi connectivity index (χ4v) is 3.79. The number of hydrogen-bond acceptors (Lipinski definition) is 5. The van der Waals surface area contributed by atoms with Gasteiger partial charge in [0.25, 0.3) is 11.8 Å². The van der Waals surface area contributed by atoms with E-state index in [0.29, 0.717) is 23.6 Å². The summed E-state index contributed by atoms with van der Waals surface area (Å²) in [6, 6.07) is 13.0. The van der Waals surface area contributed by atoms with E-state index in [-0.39, 0.29) is 18.4 Å². The molecule has 2 amide bonds. The van der Waals surface area contributed by atoms with Crippen LogP contribution >= 0.6 is 0 Å². The number of carbonyl (C=O) groups is 2. The summed E-state index contributed by atoms with van der Waals surface area (Å²) in [7, 11) is 0. The first kappa shape index (κ1) is 19.2. The van der Waals surface area contributed by atoms with Crippen molar-refractivity contribution in [2.75, 3.05) is 19.7 Å². The van der Waals surface area contributed by atoms with Gasteiger partial charge in [-0.1, -0.05) is 25.1 Å². The number of imide groups is 1. The topological polar surface area (TPSA) is 62.7 Å². The van der Waals surface area contributed by atoms with Crippen LogP contribution in [0.2, 0.25) is 0 Å². The van der Waals surface area contributed by atoms with Gasteiger partial charge in [0.15, 0.2) is 0 Å². The summed E-state index contributed by atoms with van der Waals surface area (Å²) in [6.45, 7) is 4.48. The van der Waals surface area contributed by atoms with Crippen LogP contribution in [0.1, 0.15) is 37.4 Å². The van der Waals surface area contributed by atoms with Crippen LogP contribution in [0.4, 0.5) is 0 Å². The van der Waals surface area contributed by atoms with Crippen LogP contribution in [-0.2, 0) is 16.1 Å². The van der Waals surface area contributed by atoms with Crippen molar-refractivity contribution in [1.29, 1.82) is 0 Å². The molecule has 6 heteroatoms. The predicted molar refractivity (Wildman–Crippen MR) is 110 cm³/mol. The van der Waals surface area contributed by atoms with E-state index in [1.54, 1.807) is 6.20 Å². The van der Waals surface area contributed by atoms with E-state index in [1.165, 1.54) is 4.90 Å². The number of carbonyl (C=O) groups excluding carboxylic acids is 2. The molecule has 150 valence electrons. The van der Waals surface area contributed by atoms with Gasteiger partial charge in [-0.3, -0.25) is 19.5 Å². The Morgan fingerprint density at radius 1 is 1.00 bits per heavy atom. The van der Waals surface area contributed by atoms with Crippen molar-refractivity contribution in [3.05, 3.63) is 65.6 Å². The third-order valence-corrected chi connectivity index (χ3v) is 5.23. The van der Waals surface area contributed by atoms with Crippen LogP contribution in [0.15, 0.2) is 54.4 Å². The Bertz CT molecular complexity index is 916. The first-order valence-corrected chi connectivity index (χ1v) is 10.2. The van der Waals surface area contributed by atoms with E-state index < -0.39 is 0 Å². The minimum Gasteiger partial charge on any atom is -0.494 e.